The van der Waals surface area contributed by atoms with Crippen LogP contribution in [0.3, 0.4) is 0 Å². The molecule has 1 aliphatic rings. The Morgan fingerprint density at radius 2 is 2.21 bits per heavy atom. The predicted octanol–water partition coefficient (Wildman–Crippen LogP) is 2.54. The van der Waals surface area contributed by atoms with Crippen LogP contribution < -0.4 is 5.32 Å². The Labute approximate surface area is 117 Å². The first-order chi connectivity index (χ1) is 9.16. The van der Waals surface area contributed by atoms with Gasteiger partial charge in [0.1, 0.15) is 0 Å². The zero-order valence-electron chi connectivity index (χ0n) is 12.5. The third-order valence-corrected chi connectivity index (χ3v) is 4.35. The van der Waals surface area contributed by atoms with E-state index in [2.05, 4.69) is 42.0 Å². The largest absolute Gasteiger partial charge is 0.311 e. The molecular formula is C16H27N3. The fraction of sp³-hybridized carbons (Fsp3) is 0.688. The van der Waals surface area contributed by atoms with E-state index in [0.29, 0.717) is 0 Å². The molecule has 3 unspecified atom stereocenters. The van der Waals surface area contributed by atoms with E-state index in [1.165, 1.54) is 18.5 Å². The lowest BCUT2D eigenvalue weighted by Gasteiger charge is -2.41. The number of nitrogens with zero attached hydrogens (tertiary/aromatic N) is 2. The molecule has 0 spiro atoms. The van der Waals surface area contributed by atoms with Gasteiger partial charge in [-0.3, -0.25) is 9.88 Å². The number of likely N-dealkylation sites (tertiary alicyclic amines) is 1. The highest BCUT2D eigenvalue weighted by molar-refractivity contribution is 5.07. The summed E-state index contributed by atoms with van der Waals surface area (Å²) >= 11 is 0. The van der Waals surface area contributed by atoms with Crippen molar-refractivity contribution in [3.05, 3.63) is 30.1 Å². The zero-order chi connectivity index (χ0) is 13.7. The molecular weight excluding hydrogens is 234 g/mol. The molecule has 0 radical (unpaired) electrons. The summed E-state index contributed by atoms with van der Waals surface area (Å²) < 4.78 is 0. The van der Waals surface area contributed by atoms with Gasteiger partial charge in [-0.05, 0) is 36.8 Å². The highest BCUT2D eigenvalue weighted by Gasteiger charge is 2.27. The first kappa shape index (κ1) is 14.5. The normalized spacial score (nSPS) is 28.5. The third-order valence-electron chi connectivity index (χ3n) is 4.35. The van der Waals surface area contributed by atoms with Crippen LogP contribution in [0.2, 0.25) is 0 Å². The number of nitrogens with one attached hydrogen (secondary N) is 1. The van der Waals surface area contributed by atoms with Crippen molar-refractivity contribution in [2.45, 2.75) is 39.8 Å². The minimum absolute atomic E-state index is 0.719. The van der Waals surface area contributed by atoms with E-state index in [4.69, 9.17) is 0 Å². The Hall–Kier alpha value is -0.930. The topological polar surface area (TPSA) is 28.2 Å². The number of aromatic nitrogens is 1. The van der Waals surface area contributed by atoms with Crippen LogP contribution in [0.4, 0.5) is 0 Å². The molecule has 0 saturated carbocycles. The lowest BCUT2D eigenvalue weighted by molar-refractivity contribution is 0.0807. The van der Waals surface area contributed by atoms with E-state index in [1.807, 2.05) is 18.5 Å². The Kier molecular flexibility index (Phi) is 5.34. The smallest absolute Gasteiger partial charge is 0.0312 e. The SMILES string of the molecule is CC1CC(C)C(C)N(CCNCc2cccnc2)C1. The van der Waals surface area contributed by atoms with Gasteiger partial charge >= 0.3 is 0 Å². The number of hydrogen-bond acceptors (Lipinski definition) is 3. The van der Waals surface area contributed by atoms with Gasteiger partial charge in [0.15, 0.2) is 0 Å². The highest BCUT2D eigenvalue weighted by Crippen LogP contribution is 2.26. The van der Waals surface area contributed by atoms with Gasteiger partial charge in [0.05, 0.1) is 0 Å². The van der Waals surface area contributed by atoms with E-state index in [9.17, 15) is 0 Å². The van der Waals surface area contributed by atoms with Gasteiger partial charge in [-0.25, -0.2) is 0 Å². The molecule has 3 nitrogen and oxygen atoms in total. The minimum atomic E-state index is 0.719. The Morgan fingerprint density at radius 3 is 2.95 bits per heavy atom. The van der Waals surface area contributed by atoms with Gasteiger partial charge in [0.25, 0.3) is 0 Å². The van der Waals surface area contributed by atoms with Crippen molar-refractivity contribution >= 4 is 0 Å². The summed E-state index contributed by atoms with van der Waals surface area (Å²) in [5.74, 6) is 1.66. The van der Waals surface area contributed by atoms with Gasteiger partial charge in [-0.1, -0.05) is 19.9 Å². The van der Waals surface area contributed by atoms with Gasteiger partial charge in [-0.2, -0.15) is 0 Å². The first-order valence-corrected chi connectivity index (χ1v) is 7.50. The molecule has 3 heteroatoms. The second kappa shape index (κ2) is 7.01. The summed E-state index contributed by atoms with van der Waals surface area (Å²) in [5.41, 5.74) is 1.26. The lowest BCUT2D eigenvalue weighted by Crippen LogP contribution is -2.47. The monoisotopic (exact) mass is 261 g/mol. The minimum Gasteiger partial charge on any atom is -0.311 e. The number of hydrogen-bond donors (Lipinski definition) is 1. The van der Waals surface area contributed by atoms with Crippen molar-refractivity contribution < 1.29 is 0 Å². The summed E-state index contributed by atoms with van der Waals surface area (Å²) in [6.45, 7) is 11.5. The van der Waals surface area contributed by atoms with Crippen molar-refractivity contribution in [3.8, 4) is 0 Å². The molecule has 19 heavy (non-hydrogen) atoms. The maximum atomic E-state index is 4.13. The summed E-state index contributed by atoms with van der Waals surface area (Å²) in [5, 5.41) is 3.52. The maximum Gasteiger partial charge on any atom is 0.0312 e. The first-order valence-electron chi connectivity index (χ1n) is 7.50. The quantitative estimate of drug-likeness (QED) is 0.826. The Balaban J connectivity index is 1.70. The number of rotatable bonds is 5. The summed E-state index contributed by atoms with van der Waals surface area (Å²) in [4.78, 5) is 6.77. The number of pyridine rings is 1. The van der Waals surface area contributed by atoms with Gasteiger partial charge in [0.2, 0.25) is 0 Å². The van der Waals surface area contributed by atoms with Crippen LogP contribution in [-0.4, -0.2) is 35.6 Å². The van der Waals surface area contributed by atoms with Crippen LogP contribution in [-0.2, 0) is 6.54 Å². The van der Waals surface area contributed by atoms with E-state index in [1.54, 1.807) is 0 Å². The van der Waals surface area contributed by atoms with Crippen molar-refractivity contribution in [1.29, 1.82) is 0 Å². The average molecular weight is 261 g/mol. The van der Waals surface area contributed by atoms with E-state index < -0.39 is 0 Å². The van der Waals surface area contributed by atoms with Crippen LogP contribution >= 0.6 is 0 Å². The van der Waals surface area contributed by atoms with Crippen LogP contribution in [0.25, 0.3) is 0 Å². The third kappa shape index (κ3) is 4.29. The van der Waals surface area contributed by atoms with Crippen LogP contribution in [0.1, 0.15) is 32.8 Å². The Morgan fingerprint density at radius 1 is 1.37 bits per heavy atom. The van der Waals surface area contributed by atoms with E-state index in [0.717, 1.165) is 37.5 Å². The second-order valence-corrected chi connectivity index (χ2v) is 6.09. The second-order valence-electron chi connectivity index (χ2n) is 6.09. The van der Waals surface area contributed by atoms with Crippen LogP contribution in [0.15, 0.2) is 24.5 Å². The van der Waals surface area contributed by atoms with Crippen molar-refractivity contribution in [3.63, 3.8) is 0 Å². The molecule has 0 amide bonds. The van der Waals surface area contributed by atoms with Crippen molar-refractivity contribution in [1.82, 2.24) is 15.2 Å². The molecule has 0 bridgehead atoms. The van der Waals surface area contributed by atoms with Gasteiger partial charge in [-0.15, -0.1) is 0 Å². The van der Waals surface area contributed by atoms with E-state index >= 15 is 0 Å². The average Bonchev–Trinajstić information content (AvgIpc) is 2.41. The fourth-order valence-corrected chi connectivity index (χ4v) is 3.09. The van der Waals surface area contributed by atoms with Crippen molar-refractivity contribution in [2.24, 2.45) is 11.8 Å². The molecule has 1 N–H and O–H groups in total. The highest BCUT2D eigenvalue weighted by atomic mass is 15.2. The molecule has 2 heterocycles. The summed E-state index contributed by atoms with van der Waals surface area (Å²) in [7, 11) is 0. The molecule has 1 aromatic rings. The lowest BCUT2D eigenvalue weighted by atomic mass is 9.86. The molecule has 1 saturated heterocycles. The van der Waals surface area contributed by atoms with E-state index in [-0.39, 0.29) is 0 Å². The molecule has 0 aliphatic carbocycles. The predicted molar refractivity (Wildman–Crippen MR) is 79.9 cm³/mol. The molecule has 1 fully saturated rings. The molecule has 0 aromatic carbocycles. The molecule has 1 aliphatic heterocycles. The zero-order valence-corrected chi connectivity index (χ0v) is 12.5. The standard InChI is InChI=1S/C16H27N3/c1-13-9-14(2)15(3)19(12-13)8-7-18-11-16-5-4-6-17-10-16/h4-6,10,13-15,18H,7-9,11-12H2,1-3H3. The number of piperidine rings is 1. The van der Waals surface area contributed by atoms with Crippen LogP contribution in [0, 0.1) is 11.8 Å². The van der Waals surface area contributed by atoms with Gasteiger partial charge < -0.3 is 5.32 Å². The van der Waals surface area contributed by atoms with Gasteiger partial charge in [0, 0.05) is 44.6 Å². The maximum absolute atomic E-state index is 4.13. The molecule has 106 valence electrons. The summed E-state index contributed by atoms with van der Waals surface area (Å²) in [6.07, 6.45) is 5.13. The fourth-order valence-electron chi connectivity index (χ4n) is 3.09. The summed E-state index contributed by atoms with van der Waals surface area (Å²) in [6, 6.07) is 4.83. The molecule has 1 aromatic heterocycles. The Bertz CT molecular complexity index is 366. The molecule has 3 atom stereocenters. The van der Waals surface area contributed by atoms with Crippen LogP contribution in [0.5, 0.6) is 0 Å². The van der Waals surface area contributed by atoms with Crippen molar-refractivity contribution in [2.75, 3.05) is 19.6 Å². The molecule has 2 rings (SSSR count).